The van der Waals surface area contributed by atoms with Crippen molar-refractivity contribution in [3.8, 4) is 17.1 Å². The molecule has 0 bridgehead atoms. The summed E-state index contributed by atoms with van der Waals surface area (Å²) in [6, 6.07) is 7.38. The molecule has 17 heteroatoms. The first-order valence-corrected chi connectivity index (χ1v) is 18.1. The predicted octanol–water partition coefficient (Wildman–Crippen LogP) is 1.55. The Balaban J connectivity index is 0.00000301. The van der Waals surface area contributed by atoms with Crippen LogP contribution in [0.5, 0.6) is 5.75 Å². The number of rotatable bonds is 22. The van der Waals surface area contributed by atoms with Crippen LogP contribution in [0.4, 0.5) is 0 Å². The lowest BCUT2D eigenvalue weighted by molar-refractivity contribution is -0.138. The number of aliphatic hydroxyl groups excluding tert-OH is 1. The van der Waals surface area contributed by atoms with Crippen LogP contribution in [0, 0.1) is 6.92 Å². The molecule has 50 heavy (non-hydrogen) atoms. The molecule has 282 valence electrons. The van der Waals surface area contributed by atoms with Gasteiger partial charge in [0.1, 0.15) is 12.4 Å². The van der Waals surface area contributed by atoms with Crippen LogP contribution >= 0.6 is 11.8 Å². The van der Waals surface area contributed by atoms with Crippen molar-refractivity contribution in [1.29, 1.82) is 0 Å². The largest absolute Gasteiger partial charge is 0.491 e. The molecular formula is C33H55N7O9S. The third-order valence-corrected chi connectivity index (χ3v) is 7.95. The number of carbonyl (C=O) groups is 3. The van der Waals surface area contributed by atoms with E-state index in [1.165, 1.54) is 11.8 Å². The molecule has 2 aromatic rings. The summed E-state index contributed by atoms with van der Waals surface area (Å²) >= 11 is 1.23. The number of carbonyl (C=O) groups excluding carboxylic acids is 2. The Bertz CT molecular complexity index is 1190. The van der Waals surface area contributed by atoms with E-state index in [0.717, 1.165) is 31.5 Å². The average Bonchev–Trinajstić information content (AvgIpc) is 3.14. The molecule has 1 aliphatic rings. The Labute approximate surface area is 299 Å². The summed E-state index contributed by atoms with van der Waals surface area (Å²) in [6.45, 7) is 12.8. The molecule has 0 saturated carbocycles. The molecule has 0 spiro atoms. The fourth-order valence-corrected chi connectivity index (χ4v) is 5.06. The number of aliphatic hydroxyl groups is 1. The second kappa shape index (κ2) is 28.2. The van der Waals surface area contributed by atoms with Crippen molar-refractivity contribution in [3.05, 3.63) is 30.1 Å². The second-order valence-electron chi connectivity index (χ2n) is 10.4. The number of piperazine rings is 1. The number of nitrogens with zero attached hydrogens (tertiary/aromatic N) is 6. The van der Waals surface area contributed by atoms with Crippen LogP contribution in [-0.4, -0.2) is 162 Å². The van der Waals surface area contributed by atoms with Gasteiger partial charge in [-0.25, -0.2) is 0 Å². The van der Waals surface area contributed by atoms with Crippen LogP contribution in [0.25, 0.3) is 11.4 Å². The third kappa shape index (κ3) is 19.1. The Hall–Kier alpha value is -3.48. The van der Waals surface area contributed by atoms with E-state index >= 15 is 0 Å². The highest BCUT2D eigenvalue weighted by Crippen LogP contribution is 2.18. The number of hydrogen-bond acceptors (Lipinski definition) is 14. The van der Waals surface area contributed by atoms with Crippen LogP contribution in [0.2, 0.25) is 0 Å². The van der Waals surface area contributed by atoms with Crippen LogP contribution in [0.3, 0.4) is 0 Å². The number of hydrogen-bond donors (Lipinski definition) is 3. The maximum absolute atomic E-state index is 12.5. The third-order valence-electron chi connectivity index (χ3n) is 7.00. The maximum atomic E-state index is 12.5. The number of amides is 2. The first-order chi connectivity index (χ1) is 24.4. The lowest BCUT2D eigenvalue weighted by Gasteiger charge is -2.34. The predicted molar refractivity (Wildman–Crippen MR) is 190 cm³/mol. The zero-order chi connectivity index (χ0) is 37.0. The van der Waals surface area contributed by atoms with Gasteiger partial charge in [-0.3, -0.25) is 19.3 Å². The van der Waals surface area contributed by atoms with Gasteiger partial charge in [-0.2, -0.15) is 11.8 Å². The summed E-state index contributed by atoms with van der Waals surface area (Å²) in [5.41, 5.74) is 0.810. The molecule has 0 radical (unpaired) electrons. The molecule has 1 unspecified atom stereocenters. The Morgan fingerprint density at radius 3 is 1.98 bits per heavy atom. The molecule has 1 saturated heterocycles. The monoisotopic (exact) mass is 725 g/mol. The second-order valence-corrected chi connectivity index (χ2v) is 11.5. The van der Waals surface area contributed by atoms with Crippen molar-refractivity contribution in [2.45, 2.75) is 45.3 Å². The first kappa shape index (κ1) is 44.5. The molecular weight excluding hydrogens is 670 g/mol. The van der Waals surface area contributed by atoms with Gasteiger partial charge in [0, 0.05) is 65.0 Å². The van der Waals surface area contributed by atoms with Crippen LogP contribution in [0.15, 0.2) is 24.3 Å². The smallest absolute Gasteiger partial charge is 0.305 e. The molecule has 2 heterocycles. The maximum Gasteiger partial charge on any atom is 0.305 e. The zero-order valence-electron chi connectivity index (χ0n) is 30.0. The number of aliphatic carboxylic acids is 1. The highest BCUT2D eigenvalue weighted by molar-refractivity contribution is 7.99. The van der Waals surface area contributed by atoms with Crippen LogP contribution in [0.1, 0.15) is 38.9 Å². The molecule has 1 aliphatic heterocycles. The number of carboxylic acid groups (broad SMARTS) is 1. The van der Waals surface area contributed by atoms with Gasteiger partial charge in [-0.15, -0.1) is 20.4 Å². The number of nitrogens with one attached hydrogen (secondary N) is 1. The molecule has 16 nitrogen and oxygen atoms in total. The van der Waals surface area contributed by atoms with E-state index in [9.17, 15) is 14.4 Å². The first-order valence-electron chi connectivity index (χ1n) is 16.8. The van der Waals surface area contributed by atoms with E-state index in [0.29, 0.717) is 96.9 Å². The average molecular weight is 726 g/mol. The molecule has 2 amide bonds. The van der Waals surface area contributed by atoms with Crippen LogP contribution in [-0.2, 0) is 28.6 Å². The Morgan fingerprint density at radius 1 is 0.860 bits per heavy atom. The van der Waals surface area contributed by atoms with Crippen molar-refractivity contribution in [2.75, 3.05) is 98.9 Å². The van der Waals surface area contributed by atoms with Crippen molar-refractivity contribution >= 4 is 29.5 Å². The SMILES string of the molecule is CC.CO.CSC(CC(=O)O)C(=O)NCCN1CCN(C(=O)CCCOCCOCCOCCOc2ccc(-c3nnc(C)nn3)cc2)CC1. The summed E-state index contributed by atoms with van der Waals surface area (Å²) in [7, 11) is 1.00. The van der Waals surface area contributed by atoms with Gasteiger partial charge in [0.05, 0.1) is 44.7 Å². The number of aromatic nitrogens is 4. The highest BCUT2D eigenvalue weighted by atomic mass is 32.2. The lowest BCUT2D eigenvalue weighted by atomic mass is 10.2. The number of benzene rings is 1. The summed E-state index contributed by atoms with van der Waals surface area (Å²) in [5.74, 6) is 0.580. The van der Waals surface area contributed by atoms with Gasteiger partial charge in [0.2, 0.25) is 17.6 Å². The fraction of sp³-hybridized carbons (Fsp3) is 0.667. The van der Waals surface area contributed by atoms with Gasteiger partial charge >= 0.3 is 5.97 Å². The number of ether oxygens (including phenoxy) is 4. The molecule has 3 N–H and O–H groups in total. The molecule has 3 rings (SSSR count). The van der Waals surface area contributed by atoms with Gasteiger partial charge in [-0.05, 0) is 43.9 Å². The molecule has 1 aromatic carbocycles. The molecule has 1 aromatic heterocycles. The summed E-state index contributed by atoms with van der Waals surface area (Å²) in [6.07, 6.45) is 2.62. The molecule has 1 fully saturated rings. The summed E-state index contributed by atoms with van der Waals surface area (Å²) in [5, 5.41) is 34.0. The molecule has 1 atom stereocenters. The quantitative estimate of drug-likeness (QED) is 0.148. The van der Waals surface area contributed by atoms with Crippen molar-refractivity contribution in [3.63, 3.8) is 0 Å². The van der Waals surface area contributed by atoms with E-state index < -0.39 is 11.2 Å². The summed E-state index contributed by atoms with van der Waals surface area (Å²) in [4.78, 5) is 39.6. The number of thioether (sulfide) groups is 1. The van der Waals surface area contributed by atoms with Crippen molar-refractivity contribution in [1.82, 2.24) is 35.5 Å². The van der Waals surface area contributed by atoms with Crippen molar-refractivity contribution < 1.29 is 43.5 Å². The standard InChI is InChI=1S/C30H45N7O8S.C2H6.CH4O/c1-23-32-34-29(35-33-23)24-5-7-25(8-6-24)45-21-20-44-19-18-43-17-16-42-15-3-4-27(38)37-13-11-36(12-14-37)10-9-31-30(41)26(46-2)22-28(39)40;2*1-2/h5-8,26H,3-4,9-22H2,1-2H3,(H,31,41)(H,39,40);1-2H3;2H,1H3. The Kier molecular flexibility index (Phi) is 25.2. The lowest BCUT2D eigenvalue weighted by Crippen LogP contribution is -2.50. The number of aryl methyl sites for hydroxylation is 1. The van der Waals surface area contributed by atoms with E-state index in [-0.39, 0.29) is 18.2 Å². The van der Waals surface area contributed by atoms with Gasteiger partial charge in [0.25, 0.3) is 0 Å². The summed E-state index contributed by atoms with van der Waals surface area (Å²) < 4.78 is 22.3. The minimum atomic E-state index is -0.987. The minimum Gasteiger partial charge on any atom is -0.491 e. The van der Waals surface area contributed by atoms with Gasteiger partial charge < -0.3 is 39.4 Å². The highest BCUT2D eigenvalue weighted by Gasteiger charge is 2.22. The van der Waals surface area contributed by atoms with Gasteiger partial charge in [-0.1, -0.05) is 13.8 Å². The topological polar surface area (TPSA) is 199 Å². The molecule has 0 aliphatic carbocycles. The minimum absolute atomic E-state index is 0.120. The van der Waals surface area contributed by atoms with Crippen LogP contribution < -0.4 is 10.1 Å². The zero-order valence-corrected chi connectivity index (χ0v) is 30.9. The van der Waals surface area contributed by atoms with E-state index in [1.54, 1.807) is 13.2 Å². The van der Waals surface area contributed by atoms with Crippen molar-refractivity contribution in [2.24, 2.45) is 0 Å². The van der Waals surface area contributed by atoms with E-state index in [2.05, 4.69) is 30.6 Å². The van der Waals surface area contributed by atoms with Gasteiger partial charge in [0.15, 0.2) is 5.82 Å². The number of carboxylic acids is 1. The fourth-order valence-electron chi connectivity index (χ4n) is 4.45. The normalized spacial score (nSPS) is 13.3. The van der Waals surface area contributed by atoms with E-state index in [4.69, 9.17) is 29.2 Å². The van der Waals surface area contributed by atoms with E-state index in [1.807, 2.05) is 43.0 Å². The Morgan fingerprint density at radius 2 is 1.42 bits per heavy atom.